The van der Waals surface area contributed by atoms with E-state index in [0.717, 1.165) is 17.4 Å². The summed E-state index contributed by atoms with van der Waals surface area (Å²) in [6, 6.07) is 2.20. The van der Waals surface area contributed by atoms with Crippen molar-refractivity contribution >= 4 is 49.9 Å². The van der Waals surface area contributed by atoms with E-state index in [2.05, 4.69) is 31.0 Å². The molecule has 1 amide bonds. The highest BCUT2D eigenvalue weighted by Crippen LogP contribution is 2.35. The Morgan fingerprint density at radius 1 is 1.42 bits per heavy atom. The van der Waals surface area contributed by atoms with Crippen LogP contribution in [0, 0.1) is 5.82 Å². The molecule has 1 heterocycles. The Balaban J connectivity index is 2.22. The van der Waals surface area contributed by atoms with Gasteiger partial charge in [-0.1, -0.05) is 27.5 Å². The highest BCUT2D eigenvalue weighted by atomic mass is 79.9. The summed E-state index contributed by atoms with van der Waals surface area (Å²) in [5, 5.41) is 4.13. The van der Waals surface area contributed by atoms with Crippen LogP contribution in [0.5, 0.6) is 5.75 Å². The third kappa shape index (κ3) is 5.05. The fourth-order valence-electron chi connectivity index (χ4n) is 1.62. The second-order valence-electron chi connectivity index (χ2n) is 4.39. The quantitative estimate of drug-likeness (QED) is 0.525. The number of alkyl halides is 4. The van der Waals surface area contributed by atoms with Gasteiger partial charge in [0.15, 0.2) is 23.3 Å². The van der Waals surface area contributed by atoms with Crippen molar-refractivity contribution in [3.8, 4) is 17.0 Å². The maximum atomic E-state index is 14.0. The van der Waals surface area contributed by atoms with Crippen molar-refractivity contribution in [2.45, 2.75) is 6.18 Å². The van der Waals surface area contributed by atoms with Crippen LogP contribution < -0.4 is 10.1 Å². The summed E-state index contributed by atoms with van der Waals surface area (Å²) in [6.45, 7) is -1.65. The number of aromatic nitrogens is 1. The van der Waals surface area contributed by atoms with Crippen LogP contribution in [-0.2, 0) is 4.79 Å². The van der Waals surface area contributed by atoms with Gasteiger partial charge in [0.25, 0.3) is 0 Å². The maximum Gasteiger partial charge on any atom is 0.422 e. The number of rotatable bonds is 5. The van der Waals surface area contributed by atoms with Gasteiger partial charge >= 0.3 is 6.18 Å². The molecule has 0 aliphatic carbocycles. The summed E-state index contributed by atoms with van der Waals surface area (Å²) in [6.07, 6.45) is -4.61. The van der Waals surface area contributed by atoms with E-state index in [1.807, 2.05) is 0 Å². The van der Waals surface area contributed by atoms with Crippen molar-refractivity contribution in [1.29, 1.82) is 0 Å². The van der Waals surface area contributed by atoms with E-state index < -0.39 is 24.3 Å². The molecule has 24 heavy (non-hydrogen) atoms. The number of benzene rings is 1. The van der Waals surface area contributed by atoms with E-state index in [1.165, 1.54) is 6.07 Å². The minimum absolute atomic E-state index is 0.0909. The predicted octanol–water partition coefficient (Wildman–Crippen LogP) is 4.88. The molecule has 0 radical (unpaired) electrons. The molecule has 0 saturated carbocycles. The number of carbonyl (C=O) groups is 1. The lowest BCUT2D eigenvalue weighted by atomic mass is 10.1. The predicted molar refractivity (Wildman–Crippen MR) is 86.5 cm³/mol. The molecule has 0 atom stereocenters. The van der Waals surface area contributed by atoms with E-state index in [0.29, 0.717) is 10.8 Å². The average molecular weight is 448 g/mol. The largest absolute Gasteiger partial charge is 0.479 e. The summed E-state index contributed by atoms with van der Waals surface area (Å²) >= 11 is 9.89. The van der Waals surface area contributed by atoms with E-state index in [4.69, 9.17) is 11.6 Å². The molecule has 0 aliphatic rings. The molecular formula is C13H8BrClF4N2O2S. The number of hydrogen-bond acceptors (Lipinski definition) is 4. The number of ether oxygens (including phenoxy) is 1. The average Bonchev–Trinajstić information content (AvgIpc) is 2.93. The second-order valence-corrected chi connectivity index (χ2v) is 6.22. The molecule has 11 heteroatoms. The van der Waals surface area contributed by atoms with Gasteiger partial charge in [0.1, 0.15) is 0 Å². The zero-order valence-corrected chi connectivity index (χ0v) is 14.7. The van der Waals surface area contributed by atoms with Gasteiger partial charge in [-0.05, 0) is 12.1 Å². The Morgan fingerprint density at radius 2 is 2.12 bits per heavy atom. The minimum Gasteiger partial charge on any atom is -0.479 e. The standard InChI is InChI=1S/C13H8BrClF4N2O2S/c14-3-10(22)21-12-20-9(4-24-12)6-1-7(15)11(8(16)2-6)23-5-13(17,18)19/h1-2,4H,3,5H2,(H,20,21,22). The zero-order chi connectivity index (χ0) is 17.9. The van der Waals surface area contributed by atoms with Crippen LogP contribution in [0.4, 0.5) is 22.7 Å². The molecule has 1 aromatic heterocycles. The van der Waals surface area contributed by atoms with E-state index in [9.17, 15) is 22.4 Å². The monoisotopic (exact) mass is 446 g/mol. The Labute approximate surface area is 150 Å². The molecule has 130 valence electrons. The van der Waals surface area contributed by atoms with Gasteiger partial charge in [0, 0.05) is 10.9 Å². The van der Waals surface area contributed by atoms with Crippen molar-refractivity contribution in [3.63, 3.8) is 0 Å². The zero-order valence-electron chi connectivity index (χ0n) is 11.6. The molecule has 0 saturated heterocycles. The second kappa shape index (κ2) is 7.66. The molecule has 0 unspecified atom stereocenters. The first-order chi connectivity index (χ1) is 11.2. The van der Waals surface area contributed by atoms with Crippen molar-refractivity contribution in [1.82, 2.24) is 4.98 Å². The van der Waals surface area contributed by atoms with Crippen LogP contribution in [0.1, 0.15) is 0 Å². The number of anilines is 1. The number of carbonyl (C=O) groups excluding carboxylic acids is 1. The summed E-state index contributed by atoms with van der Waals surface area (Å²) in [4.78, 5) is 15.3. The summed E-state index contributed by atoms with van der Waals surface area (Å²) in [7, 11) is 0. The Morgan fingerprint density at radius 3 is 2.71 bits per heavy atom. The first-order valence-corrected chi connectivity index (χ1v) is 8.58. The van der Waals surface area contributed by atoms with Crippen LogP contribution in [0.3, 0.4) is 0 Å². The third-order valence-corrected chi connectivity index (χ3v) is 4.09. The van der Waals surface area contributed by atoms with Crippen molar-refractivity contribution in [2.24, 2.45) is 0 Å². The molecular weight excluding hydrogens is 440 g/mol. The van der Waals surface area contributed by atoms with Crippen LogP contribution in [0.2, 0.25) is 5.02 Å². The van der Waals surface area contributed by atoms with Gasteiger partial charge in [-0.15, -0.1) is 11.3 Å². The lowest BCUT2D eigenvalue weighted by Crippen LogP contribution is -2.19. The van der Waals surface area contributed by atoms with Crippen LogP contribution in [0.25, 0.3) is 11.3 Å². The van der Waals surface area contributed by atoms with E-state index >= 15 is 0 Å². The Bertz CT molecular complexity index is 731. The summed E-state index contributed by atoms with van der Waals surface area (Å²) in [5.74, 6) is -2.03. The number of amides is 1. The molecule has 1 aromatic carbocycles. The van der Waals surface area contributed by atoms with Gasteiger partial charge in [-0.25, -0.2) is 9.37 Å². The molecule has 2 rings (SSSR count). The SMILES string of the molecule is O=C(CBr)Nc1nc(-c2cc(F)c(OCC(F)(F)F)c(Cl)c2)cs1. The van der Waals surface area contributed by atoms with Crippen LogP contribution in [-0.4, -0.2) is 29.0 Å². The highest BCUT2D eigenvalue weighted by molar-refractivity contribution is 9.09. The van der Waals surface area contributed by atoms with E-state index in [-0.39, 0.29) is 21.8 Å². The third-order valence-electron chi connectivity index (χ3n) is 2.55. The van der Waals surface area contributed by atoms with Crippen LogP contribution >= 0.6 is 38.9 Å². The minimum atomic E-state index is -4.61. The Kier molecular flexibility index (Phi) is 6.05. The van der Waals surface area contributed by atoms with Crippen molar-refractivity contribution in [3.05, 3.63) is 28.4 Å². The molecule has 4 nitrogen and oxygen atoms in total. The highest BCUT2D eigenvalue weighted by Gasteiger charge is 2.29. The van der Waals surface area contributed by atoms with E-state index in [1.54, 1.807) is 5.38 Å². The van der Waals surface area contributed by atoms with Gasteiger partial charge in [0.2, 0.25) is 5.91 Å². The van der Waals surface area contributed by atoms with Gasteiger partial charge in [-0.3, -0.25) is 4.79 Å². The van der Waals surface area contributed by atoms with Gasteiger partial charge in [-0.2, -0.15) is 13.2 Å². The normalized spacial score (nSPS) is 11.4. The lowest BCUT2D eigenvalue weighted by molar-refractivity contribution is -0.153. The Hall–Kier alpha value is -1.39. The topological polar surface area (TPSA) is 51.2 Å². The maximum absolute atomic E-state index is 14.0. The smallest absolute Gasteiger partial charge is 0.422 e. The van der Waals surface area contributed by atoms with Gasteiger partial charge < -0.3 is 10.1 Å². The summed E-state index contributed by atoms with van der Waals surface area (Å²) in [5.41, 5.74) is 0.556. The number of halogens is 6. The molecule has 0 spiro atoms. The summed E-state index contributed by atoms with van der Waals surface area (Å²) < 4.78 is 54.8. The number of nitrogens with zero attached hydrogens (tertiary/aromatic N) is 1. The first-order valence-electron chi connectivity index (χ1n) is 6.20. The number of nitrogens with one attached hydrogen (secondary N) is 1. The fourth-order valence-corrected chi connectivity index (χ4v) is 2.75. The molecule has 0 aliphatic heterocycles. The molecule has 1 N–H and O–H groups in total. The fraction of sp³-hybridized carbons (Fsp3) is 0.231. The molecule has 2 aromatic rings. The number of thiazole rings is 1. The molecule has 0 fully saturated rings. The lowest BCUT2D eigenvalue weighted by Gasteiger charge is -2.12. The van der Waals surface area contributed by atoms with Crippen molar-refractivity contribution < 1.29 is 27.1 Å². The molecule has 0 bridgehead atoms. The first kappa shape index (κ1) is 18.9. The van der Waals surface area contributed by atoms with Crippen molar-refractivity contribution in [2.75, 3.05) is 17.3 Å². The van der Waals surface area contributed by atoms with Gasteiger partial charge in [0.05, 0.1) is 16.0 Å². The van der Waals surface area contributed by atoms with Crippen LogP contribution in [0.15, 0.2) is 17.5 Å². The number of hydrogen-bond donors (Lipinski definition) is 1.